The van der Waals surface area contributed by atoms with Gasteiger partial charge in [-0.05, 0) is 49.1 Å². The van der Waals surface area contributed by atoms with Crippen LogP contribution in [0.5, 0.6) is 0 Å². The van der Waals surface area contributed by atoms with Gasteiger partial charge in [0, 0.05) is 12.7 Å². The third kappa shape index (κ3) is 5.94. The molecule has 2 aromatic carbocycles. The summed E-state index contributed by atoms with van der Waals surface area (Å²) in [6.07, 6.45) is 0. The van der Waals surface area contributed by atoms with E-state index in [0.29, 0.717) is 21.6 Å². The smallest absolute Gasteiger partial charge is 0.253 e. The Labute approximate surface area is 203 Å². The van der Waals surface area contributed by atoms with Crippen molar-refractivity contribution in [2.75, 3.05) is 11.1 Å². The highest BCUT2D eigenvalue weighted by Gasteiger charge is 2.26. The Morgan fingerprint density at radius 2 is 1.82 bits per heavy atom. The molecular weight excluding hydrogens is 458 g/mol. The molecule has 9 heteroatoms. The van der Waals surface area contributed by atoms with Crippen LogP contribution in [-0.2, 0) is 11.8 Å². The molecule has 2 N–H and O–H groups in total. The van der Waals surface area contributed by atoms with Gasteiger partial charge in [-0.1, -0.05) is 61.5 Å². The highest BCUT2D eigenvalue weighted by atomic mass is 35.5. The molecule has 1 atom stereocenters. The Morgan fingerprint density at radius 1 is 1.09 bits per heavy atom. The van der Waals surface area contributed by atoms with Crippen molar-refractivity contribution in [3.8, 4) is 0 Å². The first kappa shape index (κ1) is 24.8. The van der Waals surface area contributed by atoms with E-state index >= 15 is 0 Å². The van der Waals surface area contributed by atoms with Crippen molar-refractivity contribution in [1.29, 1.82) is 0 Å². The Balaban J connectivity index is 1.69. The minimum Gasteiger partial charge on any atom is -0.342 e. The van der Waals surface area contributed by atoms with Gasteiger partial charge in [0.15, 0.2) is 11.0 Å². The number of carbonyl (C=O) groups is 2. The molecule has 2 amide bonds. The highest BCUT2D eigenvalue weighted by Crippen LogP contribution is 2.26. The number of aryl methyl sites for hydroxylation is 1. The van der Waals surface area contributed by atoms with Crippen molar-refractivity contribution in [2.45, 2.75) is 38.9 Å². The number of thioether (sulfide) groups is 1. The fourth-order valence-corrected chi connectivity index (χ4v) is 4.26. The van der Waals surface area contributed by atoms with E-state index in [1.165, 1.54) is 11.8 Å². The molecular formula is C24H28ClN5O2S. The summed E-state index contributed by atoms with van der Waals surface area (Å²) in [7, 11) is 1.83. The fourth-order valence-electron chi connectivity index (χ4n) is 3.32. The molecule has 0 aliphatic heterocycles. The van der Waals surface area contributed by atoms with E-state index < -0.39 is 0 Å². The summed E-state index contributed by atoms with van der Waals surface area (Å²) in [5.74, 6) is 0.472. The number of nitrogens with one attached hydrogen (secondary N) is 2. The first-order valence-corrected chi connectivity index (χ1v) is 12.0. The van der Waals surface area contributed by atoms with Gasteiger partial charge in [-0.3, -0.25) is 9.59 Å². The first-order chi connectivity index (χ1) is 15.7. The van der Waals surface area contributed by atoms with Crippen LogP contribution in [0.4, 0.5) is 5.69 Å². The third-order valence-electron chi connectivity index (χ3n) is 5.43. The van der Waals surface area contributed by atoms with Gasteiger partial charge in [0.05, 0.1) is 22.4 Å². The second-order valence-corrected chi connectivity index (χ2v) is 9.51. The van der Waals surface area contributed by atoms with Crippen molar-refractivity contribution in [2.24, 2.45) is 13.0 Å². The summed E-state index contributed by atoms with van der Waals surface area (Å²) in [5, 5.41) is 15.5. The molecule has 0 saturated heterocycles. The number of carbonyl (C=O) groups excluding carboxylic acids is 2. The molecule has 174 valence electrons. The van der Waals surface area contributed by atoms with E-state index in [1.807, 2.05) is 57.5 Å². The molecule has 0 fully saturated rings. The van der Waals surface area contributed by atoms with E-state index in [9.17, 15) is 9.59 Å². The van der Waals surface area contributed by atoms with Crippen LogP contribution in [0, 0.1) is 19.8 Å². The maximum atomic E-state index is 12.8. The Hall–Kier alpha value is -2.84. The average Bonchev–Trinajstić information content (AvgIpc) is 3.13. The lowest BCUT2D eigenvalue weighted by molar-refractivity contribution is -0.113. The summed E-state index contributed by atoms with van der Waals surface area (Å²) in [5.41, 5.74) is 3.38. The van der Waals surface area contributed by atoms with Crippen molar-refractivity contribution in [1.82, 2.24) is 20.1 Å². The summed E-state index contributed by atoms with van der Waals surface area (Å²) in [6, 6.07) is 12.4. The van der Waals surface area contributed by atoms with Gasteiger partial charge in [-0.25, -0.2) is 0 Å². The number of rotatable bonds is 8. The zero-order valence-electron chi connectivity index (χ0n) is 19.3. The lowest BCUT2D eigenvalue weighted by Gasteiger charge is -2.22. The normalized spacial score (nSPS) is 12.0. The number of amides is 2. The summed E-state index contributed by atoms with van der Waals surface area (Å²) in [6.45, 7) is 7.99. The molecule has 1 aromatic heterocycles. The Kier molecular flexibility index (Phi) is 8.15. The standard InChI is InChI=1S/C24H28ClN5O2S/c1-14(2)21(27-23(32)17-10-6-7-11-18(17)25)22-28-29-24(30(22)5)33-13-20(31)26-19-12-8-9-15(3)16(19)4/h6-12,14,21H,13H2,1-5H3,(H,26,31)(H,27,32)/t21-/m0/s1. The Bertz CT molecular complexity index is 1160. The van der Waals surface area contributed by atoms with Crippen LogP contribution in [0.1, 0.15) is 47.2 Å². The molecule has 3 rings (SSSR count). The second kappa shape index (κ2) is 10.9. The summed E-state index contributed by atoms with van der Waals surface area (Å²) < 4.78 is 1.81. The lowest BCUT2D eigenvalue weighted by Crippen LogP contribution is -2.33. The maximum Gasteiger partial charge on any atom is 0.253 e. The van der Waals surface area contributed by atoms with Crippen LogP contribution in [0.3, 0.4) is 0 Å². The van der Waals surface area contributed by atoms with E-state index in [2.05, 4.69) is 20.8 Å². The van der Waals surface area contributed by atoms with Gasteiger partial charge in [-0.15, -0.1) is 10.2 Å². The van der Waals surface area contributed by atoms with Crippen molar-refractivity contribution in [3.63, 3.8) is 0 Å². The third-order valence-corrected chi connectivity index (χ3v) is 6.78. The lowest BCUT2D eigenvalue weighted by atomic mass is 10.0. The number of nitrogens with zero attached hydrogens (tertiary/aromatic N) is 3. The zero-order valence-corrected chi connectivity index (χ0v) is 20.9. The SMILES string of the molecule is Cc1cccc(NC(=O)CSc2nnc([C@@H](NC(=O)c3ccccc3Cl)C(C)C)n2C)c1C. The predicted octanol–water partition coefficient (Wildman–Crippen LogP) is 4.94. The summed E-state index contributed by atoms with van der Waals surface area (Å²) in [4.78, 5) is 25.3. The van der Waals surface area contributed by atoms with Crippen LogP contribution in [-0.4, -0.2) is 32.3 Å². The molecule has 0 aliphatic rings. The maximum absolute atomic E-state index is 12.8. The molecule has 0 bridgehead atoms. The minimum absolute atomic E-state index is 0.0600. The molecule has 0 saturated carbocycles. The molecule has 0 spiro atoms. The number of benzene rings is 2. The molecule has 0 aliphatic carbocycles. The van der Waals surface area contributed by atoms with Crippen molar-refractivity contribution >= 4 is 40.9 Å². The predicted molar refractivity (Wildman–Crippen MR) is 133 cm³/mol. The fraction of sp³-hybridized carbons (Fsp3) is 0.333. The van der Waals surface area contributed by atoms with Gasteiger partial charge in [-0.2, -0.15) is 0 Å². The number of anilines is 1. The Morgan fingerprint density at radius 3 is 2.52 bits per heavy atom. The largest absolute Gasteiger partial charge is 0.342 e. The van der Waals surface area contributed by atoms with Crippen LogP contribution in [0.2, 0.25) is 5.02 Å². The number of aromatic nitrogens is 3. The highest BCUT2D eigenvalue weighted by molar-refractivity contribution is 7.99. The first-order valence-electron chi connectivity index (χ1n) is 10.6. The molecule has 33 heavy (non-hydrogen) atoms. The topological polar surface area (TPSA) is 88.9 Å². The van der Waals surface area contributed by atoms with Crippen molar-refractivity contribution < 1.29 is 9.59 Å². The van der Waals surface area contributed by atoms with Crippen LogP contribution >= 0.6 is 23.4 Å². The van der Waals surface area contributed by atoms with Gasteiger partial charge in [0.2, 0.25) is 5.91 Å². The summed E-state index contributed by atoms with van der Waals surface area (Å²) >= 11 is 7.47. The van der Waals surface area contributed by atoms with Gasteiger partial charge >= 0.3 is 0 Å². The van der Waals surface area contributed by atoms with Gasteiger partial charge < -0.3 is 15.2 Å². The molecule has 0 radical (unpaired) electrons. The monoisotopic (exact) mass is 485 g/mol. The minimum atomic E-state index is -0.371. The number of hydrogen-bond donors (Lipinski definition) is 2. The second-order valence-electron chi connectivity index (χ2n) is 8.16. The van der Waals surface area contributed by atoms with E-state index in [0.717, 1.165) is 16.8 Å². The number of halogens is 1. The van der Waals surface area contributed by atoms with Gasteiger partial charge in [0.25, 0.3) is 5.91 Å². The van der Waals surface area contributed by atoms with Crippen LogP contribution in [0.25, 0.3) is 0 Å². The molecule has 7 nitrogen and oxygen atoms in total. The van der Waals surface area contributed by atoms with E-state index in [4.69, 9.17) is 11.6 Å². The molecule has 0 unspecified atom stereocenters. The van der Waals surface area contributed by atoms with E-state index in [1.54, 1.807) is 24.3 Å². The van der Waals surface area contributed by atoms with E-state index in [-0.39, 0.29) is 29.5 Å². The number of hydrogen-bond acceptors (Lipinski definition) is 5. The van der Waals surface area contributed by atoms with Crippen molar-refractivity contribution in [3.05, 3.63) is 70.0 Å². The van der Waals surface area contributed by atoms with Crippen LogP contribution in [0.15, 0.2) is 47.6 Å². The van der Waals surface area contributed by atoms with Crippen LogP contribution < -0.4 is 10.6 Å². The van der Waals surface area contributed by atoms with Gasteiger partial charge in [0.1, 0.15) is 0 Å². The molecule has 1 heterocycles. The zero-order chi connectivity index (χ0) is 24.1. The quantitative estimate of drug-likeness (QED) is 0.441. The molecule has 3 aromatic rings. The average molecular weight is 486 g/mol.